The number of nitrogens with zero attached hydrogens (tertiary/aromatic N) is 3. The number of anilines is 1. The summed E-state index contributed by atoms with van der Waals surface area (Å²) in [5.41, 5.74) is -0.601. The predicted molar refractivity (Wildman–Crippen MR) is 71.1 cm³/mol. The van der Waals surface area contributed by atoms with Gasteiger partial charge in [0.25, 0.3) is 0 Å². The van der Waals surface area contributed by atoms with E-state index in [0.717, 1.165) is 30.3 Å². The summed E-state index contributed by atoms with van der Waals surface area (Å²) in [6, 6.07) is 0. The Bertz CT molecular complexity index is 435. The second kappa shape index (κ2) is 5.22. The lowest BCUT2D eigenvalue weighted by Crippen LogP contribution is -2.34. The molecule has 2 rings (SSSR count). The second-order valence-electron chi connectivity index (χ2n) is 4.85. The summed E-state index contributed by atoms with van der Waals surface area (Å²) >= 11 is 1.38. The first-order valence-electron chi connectivity index (χ1n) is 6.42. The van der Waals surface area contributed by atoms with Crippen molar-refractivity contribution >= 4 is 22.6 Å². The zero-order chi connectivity index (χ0) is 13.2. The van der Waals surface area contributed by atoms with Crippen LogP contribution in [0.15, 0.2) is 0 Å². The highest BCUT2D eigenvalue weighted by Crippen LogP contribution is 2.37. The van der Waals surface area contributed by atoms with E-state index in [1.54, 1.807) is 0 Å². The zero-order valence-corrected chi connectivity index (χ0v) is 11.7. The lowest BCUT2D eigenvalue weighted by atomic mass is 9.84. The maximum atomic E-state index is 11.4. The fourth-order valence-corrected chi connectivity index (χ4v) is 3.09. The topological polar surface area (TPSA) is 66.3 Å². The summed E-state index contributed by atoms with van der Waals surface area (Å²) in [4.78, 5) is 17.9. The summed E-state index contributed by atoms with van der Waals surface area (Å²) in [5, 5.41) is 10.2. The molecule has 0 amide bonds. The first kappa shape index (κ1) is 13.3. The van der Waals surface area contributed by atoms with Crippen molar-refractivity contribution in [1.29, 1.82) is 0 Å². The number of aliphatic carboxylic acids is 1. The van der Waals surface area contributed by atoms with Crippen LogP contribution >= 0.6 is 11.5 Å². The molecule has 1 fully saturated rings. The molecule has 0 aliphatic carbocycles. The van der Waals surface area contributed by atoms with Crippen LogP contribution in [0.25, 0.3) is 0 Å². The van der Waals surface area contributed by atoms with Crippen molar-refractivity contribution < 1.29 is 9.90 Å². The van der Waals surface area contributed by atoms with Crippen molar-refractivity contribution in [1.82, 2.24) is 9.36 Å². The maximum absolute atomic E-state index is 11.4. The molecule has 0 radical (unpaired) electrons. The van der Waals surface area contributed by atoms with E-state index in [1.165, 1.54) is 11.5 Å². The van der Waals surface area contributed by atoms with Crippen LogP contribution in [0, 0.1) is 5.41 Å². The quantitative estimate of drug-likeness (QED) is 0.887. The van der Waals surface area contributed by atoms with Crippen molar-refractivity contribution in [3.8, 4) is 0 Å². The fraction of sp³-hybridized carbons (Fsp3) is 0.750. The van der Waals surface area contributed by atoms with Gasteiger partial charge in [-0.2, -0.15) is 4.37 Å². The van der Waals surface area contributed by atoms with E-state index in [1.807, 2.05) is 6.92 Å². The SMILES string of the molecule is CCCc1nsc(N2CCC(CC)(C(=O)O)C2)n1. The van der Waals surface area contributed by atoms with Crippen molar-refractivity contribution in [2.24, 2.45) is 5.41 Å². The van der Waals surface area contributed by atoms with Gasteiger partial charge in [-0.05, 0) is 19.3 Å². The summed E-state index contributed by atoms with van der Waals surface area (Å²) in [7, 11) is 0. The lowest BCUT2D eigenvalue weighted by Gasteiger charge is -2.22. The molecule has 6 heteroatoms. The van der Waals surface area contributed by atoms with Gasteiger partial charge < -0.3 is 10.0 Å². The molecule has 0 aromatic carbocycles. The Hall–Kier alpha value is -1.17. The van der Waals surface area contributed by atoms with Crippen LogP contribution in [-0.2, 0) is 11.2 Å². The Kier molecular flexibility index (Phi) is 3.85. The van der Waals surface area contributed by atoms with Crippen molar-refractivity contribution in [3.63, 3.8) is 0 Å². The average molecular weight is 269 g/mol. The van der Waals surface area contributed by atoms with Crippen LogP contribution in [-0.4, -0.2) is 33.5 Å². The third-order valence-electron chi connectivity index (χ3n) is 3.69. The van der Waals surface area contributed by atoms with Gasteiger partial charge in [-0.15, -0.1) is 0 Å². The van der Waals surface area contributed by atoms with Crippen LogP contribution in [0.5, 0.6) is 0 Å². The van der Waals surface area contributed by atoms with E-state index in [-0.39, 0.29) is 0 Å². The number of aryl methyl sites for hydroxylation is 1. The van der Waals surface area contributed by atoms with E-state index >= 15 is 0 Å². The molecule has 1 aliphatic rings. The van der Waals surface area contributed by atoms with Crippen molar-refractivity contribution in [2.75, 3.05) is 18.0 Å². The molecule has 1 N–H and O–H groups in total. The van der Waals surface area contributed by atoms with Gasteiger partial charge in [0.2, 0.25) is 5.13 Å². The highest BCUT2D eigenvalue weighted by molar-refractivity contribution is 7.09. The molecule has 1 atom stereocenters. The smallest absolute Gasteiger partial charge is 0.311 e. The molecule has 1 aromatic heterocycles. The maximum Gasteiger partial charge on any atom is 0.311 e. The largest absolute Gasteiger partial charge is 0.481 e. The first-order chi connectivity index (χ1) is 8.61. The number of hydrogen-bond donors (Lipinski definition) is 1. The molecule has 0 spiro atoms. The average Bonchev–Trinajstić information content (AvgIpc) is 2.95. The Morgan fingerprint density at radius 1 is 1.56 bits per heavy atom. The highest BCUT2D eigenvalue weighted by Gasteiger charge is 2.44. The van der Waals surface area contributed by atoms with Gasteiger partial charge in [0, 0.05) is 31.0 Å². The van der Waals surface area contributed by atoms with Crippen LogP contribution in [0.4, 0.5) is 5.13 Å². The minimum absolute atomic E-state index is 0.555. The molecule has 2 heterocycles. The van der Waals surface area contributed by atoms with Gasteiger partial charge in [-0.3, -0.25) is 4.79 Å². The number of rotatable bonds is 5. The molecule has 100 valence electrons. The number of carboxylic acid groups (broad SMARTS) is 1. The van der Waals surface area contributed by atoms with Gasteiger partial charge >= 0.3 is 5.97 Å². The molecule has 5 nitrogen and oxygen atoms in total. The Balaban J connectivity index is 2.09. The summed E-state index contributed by atoms with van der Waals surface area (Å²) in [6.45, 7) is 5.36. The van der Waals surface area contributed by atoms with E-state index in [9.17, 15) is 9.90 Å². The summed E-state index contributed by atoms with van der Waals surface area (Å²) in [6.07, 6.45) is 3.29. The molecule has 1 aromatic rings. The van der Waals surface area contributed by atoms with Crippen molar-refractivity contribution in [2.45, 2.75) is 39.5 Å². The monoisotopic (exact) mass is 269 g/mol. The van der Waals surface area contributed by atoms with Gasteiger partial charge in [-0.25, -0.2) is 4.98 Å². The van der Waals surface area contributed by atoms with Gasteiger partial charge in [-0.1, -0.05) is 13.8 Å². The highest BCUT2D eigenvalue weighted by atomic mass is 32.1. The molecular weight excluding hydrogens is 250 g/mol. The number of carboxylic acids is 1. The van der Waals surface area contributed by atoms with Gasteiger partial charge in [0.1, 0.15) is 5.82 Å². The van der Waals surface area contributed by atoms with Gasteiger partial charge in [0.05, 0.1) is 5.41 Å². The van der Waals surface area contributed by atoms with Crippen LogP contribution in [0.2, 0.25) is 0 Å². The summed E-state index contributed by atoms with van der Waals surface area (Å²) < 4.78 is 4.31. The van der Waals surface area contributed by atoms with Crippen LogP contribution < -0.4 is 4.90 Å². The third-order valence-corrected chi connectivity index (χ3v) is 4.50. The Morgan fingerprint density at radius 2 is 2.33 bits per heavy atom. The molecule has 18 heavy (non-hydrogen) atoms. The Morgan fingerprint density at radius 3 is 2.89 bits per heavy atom. The van der Waals surface area contributed by atoms with Crippen LogP contribution in [0.3, 0.4) is 0 Å². The summed E-state index contributed by atoms with van der Waals surface area (Å²) in [5.74, 6) is 0.188. The van der Waals surface area contributed by atoms with E-state index in [0.29, 0.717) is 19.4 Å². The molecule has 1 saturated heterocycles. The molecule has 0 bridgehead atoms. The standard InChI is InChI=1S/C12H19N3O2S/c1-3-5-9-13-11(18-14-9)15-7-6-12(4-2,8-15)10(16)17/h3-8H2,1-2H3,(H,16,17). The molecule has 0 saturated carbocycles. The number of carbonyl (C=O) groups is 1. The number of hydrogen-bond acceptors (Lipinski definition) is 5. The number of aromatic nitrogens is 2. The third kappa shape index (κ3) is 2.34. The zero-order valence-electron chi connectivity index (χ0n) is 10.8. The first-order valence-corrected chi connectivity index (χ1v) is 7.19. The van der Waals surface area contributed by atoms with Gasteiger partial charge in [0.15, 0.2) is 0 Å². The lowest BCUT2D eigenvalue weighted by molar-refractivity contribution is -0.147. The minimum atomic E-state index is -0.689. The van der Waals surface area contributed by atoms with E-state index in [2.05, 4.69) is 21.2 Å². The second-order valence-corrected chi connectivity index (χ2v) is 5.58. The normalized spacial score (nSPS) is 23.6. The van der Waals surface area contributed by atoms with E-state index < -0.39 is 11.4 Å². The van der Waals surface area contributed by atoms with Crippen molar-refractivity contribution in [3.05, 3.63) is 5.82 Å². The fourth-order valence-electron chi connectivity index (χ4n) is 2.35. The Labute approximate surface area is 111 Å². The molecule has 1 aliphatic heterocycles. The van der Waals surface area contributed by atoms with Crippen LogP contribution in [0.1, 0.15) is 38.9 Å². The predicted octanol–water partition coefficient (Wildman–Crippen LogP) is 2.18. The minimum Gasteiger partial charge on any atom is -0.481 e. The van der Waals surface area contributed by atoms with E-state index in [4.69, 9.17) is 0 Å². The molecule has 1 unspecified atom stereocenters. The molecular formula is C12H19N3O2S.